The van der Waals surface area contributed by atoms with E-state index < -0.39 is 0 Å². The van der Waals surface area contributed by atoms with Crippen LogP contribution in [0.2, 0.25) is 0 Å². The van der Waals surface area contributed by atoms with Crippen LogP contribution in [0.5, 0.6) is 0 Å². The van der Waals surface area contributed by atoms with Gasteiger partial charge in [-0.05, 0) is 49.1 Å². The van der Waals surface area contributed by atoms with Crippen LogP contribution in [0.3, 0.4) is 0 Å². The molecule has 1 aliphatic heterocycles. The number of nitrogens with zero attached hydrogens (tertiary/aromatic N) is 6. The Kier molecular flexibility index (Phi) is 6.27. The number of pyridine rings is 1. The van der Waals surface area contributed by atoms with Gasteiger partial charge in [0, 0.05) is 50.4 Å². The lowest BCUT2D eigenvalue weighted by Gasteiger charge is -2.34. The van der Waals surface area contributed by atoms with Crippen LogP contribution in [-0.2, 0) is 6.42 Å². The Bertz CT molecular complexity index is 1240. The number of halogens is 1. The minimum atomic E-state index is -0.240. The number of benzene rings is 1. The van der Waals surface area contributed by atoms with Crippen LogP contribution < -0.4 is 9.80 Å². The largest absolute Gasteiger partial charge is 0.368 e. The van der Waals surface area contributed by atoms with E-state index in [2.05, 4.69) is 50.0 Å². The third-order valence-electron chi connectivity index (χ3n) is 6.08. The zero-order valence-corrected chi connectivity index (χ0v) is 20.7. The van der Waals surface area contributed by atoms with Crippen LogP contribution in [0, 0.1) is 5.82 Å². The molecular weight excluding hydrogens is 455 g/mol. The van der Waals surface area contributed by atoms with Crippen molar-refractivity contribution < 1.29 is 4.39 Å². The van der Waals surface area contributed by atoms with E-state index in [4.69, 9.17) is 9.97 Å². The molecule has 0 unspecified atom stereocenters. The van der Waals surface area contributed by atoms with Crippen LogP contribution in [0.1, 0.15) is 12.6 Å². The minimum absolute atomic E-state index is 0.240. The Morgan fingerprint density at radius 3 is 2.52 bits per heavy atom. The highest BCUT2D eigenvalue weighted by molar-refractivity contribution is 7.96. The molecule has 5 rings (SSSR count). The van der Waals surface area contributed by atoms with Crippen LogP contribution in [-0.4, -0.2) is 58.2 Å². The molecule has 0 spiro atoms. The first-order valence-corrected chi connectivity index (χ1v) is 13.1. The summed E-state index contributed by atoms with van der Waals surface area (Å²) >= 11 is 3.40. The molecule has 0 amide bonds. The molecule has 0 atom stereocenters. The van der Waals surface area contributed by atoms with E-state index >= 15 is 0 Å². The van der Waals surface area contributed by atoms with Gasteiger partial charge >= 0.3 is 0 Å². The Morgan fingerprint density at radius 1 is 1.06 bits per heavy atom. The summed E-state index contributed by atoms with van der Waals surface area (Å²) in [5.41, 5.74) is 4.95. The summed E-state index contributed by atoms with van der Waals surface area (Å²) < 4.78 is 17.9. The second-order valence-corrected chi connectivity index (χ2v) is 9.75. The Hall–Kier alpha value is -2.62. The van der Waals surface area contributed by atoms with Crippen LogP contribution in [0.4, 0.5) is 21.0 Å². The molecule has 4 heterocycles. The fraction of sp³-hybridized carbons (Fsp3) is 0.333. The first kappa shape index (κ1) is 22.2. The molecule has 0 N–H and O–H groups in total. The molecule has 0 radical (unpaired) electrons. The number of aromatic nitrogens is 3. The second kappa shape index (κ2) is 9.32. The number of thiazole rings is 1. The van der Waals surface area contributed by atoms with Gasteiger partial charge in [0.2, 0.25) is 0 Å². The van der Waals surface area contributed by atoms with Gasteiger partial charge in [0.15, 0.2) is 5.13 Å². The third kappa shape index (κ3) is 4.32. The van der Waals surface area contributed by atoms with Crippen molar-refractivity contribution in [2.45, 2.75) is 13.3 Å². The van der Waals surface area contributed by atoms with Crippen LogP contribution in [0.15, 0.2) is 48.0 Å². The van der Waals surface area contributed by atoms with Crippen LogP contribution >= 0.6 is 23.3 Å². The highest BCUT2D eigenvalue weighted by Gasteiger charge is 2.21. The van der Waals surface area contributed by atoms with Crippen molar-refractivity contribution in [3.8, 4) is 11.3 Å². The van der Waals surface area contributed by atoms with Gasteiger partial charge in [-0.15, -0.1) is 11.3 Å². The van der Waals surface area contributed by atoms with Gasteiger partial charge < -0.3 is 9.80 Å². The highest BCUT2D eigenvalue weighted by atomic mass is 32.2. The molecule has 1 saturated heterocycles. The average molecular weight is 483 g/mol. The number of rotatable bonds is 6. The number of anilines is 3. The smallest absolute Gasteiger partial charge is 0.191 e. The molecule has 4 aromatic rings. The normalized spacial score (nSPS) is 14.8. The Balaban J connectivity index is 1.48. The van der Waals surface area contributed by atoms with E-state index in [0.29, 0.717) is 0 Å². The molecule has 1 fully saturated rings. The second-order valence-electron chi connectivity index (χ2n) is 8.03. The zero-order valence-electron chi connectivity index (χ0n) is 19.0. The maximum atomic E-state index is 13.3. The molecule has 1 aliphatic rings. The SMILES string of the molecule is CCc1nc2ccc(N3CCN(SC)CC3)cn2c1N(C)c1nc(-c2ccc(F)cc2)cs1. The summed E-state index contributed by atoms with van der Waals surface area (Å²) in [5, 5.41) is 2.90. The fourth-order valence-electron chi connectivity index (χ4n) is 4.24. The van der Waals surface area contributed by atoms with Gasteiger partial charge in [0.1, 0.15) is 17.3 Å². The number of imidazole rings is 1. The van der Waals surface area contributed by atoms with Crippen molar-refractivity contribution in [1.29, 1.82) is 0 Å². The summed E-state index contributed by atoms with van der Waals surface area (Å²) in [7, 11) is 2.04. The monoisotopic (exact) mass is 482 g/mol. The van der Waals surface area contributed by atoms with E-state index in [9.17, 15) is 4.39 Å². The molecule has 0 saturated carbocycles. The highest BCUT2D eigenvalue weighted by Crippen LogP contribution is 2.34. The standard InChI is InChI=1S/C24H27FN6S2/c1-4-20-23(28(2)24-27-21(16-33-24)17-5-7-18(25)8-6-17)31-15-19(9-10-22(31)26-20)29-11-13-30(32-3)14-12-29/h5-10,15-16H,4,11-14H2,1-3H3. The fourth-order valence-corrected chi connectivity index (χ4v) is 5.57. The lowest BCUT2D eigenvalue weighted by atomic mass is 10.2. The Labute approximate surface area is 201 Å². The average Bonchev–Trinajstić information content (AvgIpc) is 3.49. The molecule has 33 heavy (non-hydrogen) atoms. The predicted molar refractivity (Wildman–Crippen MR) is 137 cm³/mol. The Morgan fingerprint density at radius 2 is 1.82 bits per heavy atom. The molecule has 9 heteroatoms. The molecule has 0 bridgehead atoms. The predicted octanol–water partition coefficient (Wildman–Crippen LogP) is 5.33. The van der Waals surface area contributed by atoms with Gasteiger partial charge in [-0.25, -0.2) is 18.7 Å². The number of aryl methyl sites for hydroxylation is 1. The van der Waals surface area contributed by atoms with Gasteiger partial charge in [-0.3, -0.25) is 4.40 Å². The van der Waals surface area contributed by atoms with Crippen molar-refractivity contribution in [2.24, 2.45) is 0 Å². The summed E-state index contributed by atoms with van der Waals surface area (Å²) in [6.45, 7) is 6.27. The molecule has 3 aromatic heterocycles. The van der Waals surface area contributed by atoms with Gasteiger partial charge in [-0.2, -0.15) is 0 Å². The molecule has 1 aromatic carbocycles. The van der Waals surface area contributed by atoms with Crippen molar-refractivity contribution in [2.75, 3.05) is 49.3 Å². The summed E-state index contributed by atoms with van der Waals surface area (Å²) in [4.78, 5) is 14.3. The number of fused-ring (bicyclic) bond motifs is 1. The van der Waals surface area contributed by atoms with Gasteiger partial charge in [-0.1, -0.05) is 18.9 Å². The minimum Gasteiger partial charge on any atom is -0.368 e. The van der Waals surface area contributed by atoms with E-state index in [-0.39, 0.29) is 5.82 Å². The molecule has 172 valence electrons. The summed E-state index contributed by atoms with van der Waals surface area (Å²) in [6, 6.07) is 10.8. The maximum absolute atomic E-state index is 13.3. The van der Waals surface area contributed by atoms with E-state index in [0.717, 1.165) is 66.1 Å². The topological polar surface area (TPSA) is 39.9 Å². The first-order chi connectivity index (χ1) is 16.1. The van der Waals surface area contributed by atoms with E-state index in [1.807, 2.05) is 24.4 Å². The van der Waals surface area contributed by atoms with Crippen LogP contribution in [0.25, 0.3) is 16.9 Å². The van der Waals surface area contributed by atoms with Crippen molar-refractivity contribution in [3.63, 3.8) is 0 Å². The van der Waals surface area contributed by atoms with E-state index in [1.165, 1.54) is 17.8 Å². The molecule has 6 nitrogen and oxygen atoms in total. The summed E-state index contributed by atoms with van der Waals surface area (Å²) in [6.07, 6.45) is 5.18. The molecule has 0 aliphatic carbocycles. The van der Waals surface area contributed by atoms with Crippen molar-refractivity contribution >= 4 is 45.6 Å². The third-order valence-corrected chi connectivity index (χ3v) is 7.88. The first-order valence-electron chi connectivity index (χ1n) is 11.1. The van der Waals surface area contributed by atoms with Gasteiger partial charge in [0.05, 0.1) is 17.1 Å². The summed E-state index contributed by atoms with van der Waals surface area (Å²) in [5.74, 6) is 0.799. The van der Waals surface area contributed by atoms with Crippen molar-refractivity contribution in [1.82, 2.24) is 18.7 Å². The quantitative estimate of drug-likeness (QED) is 0.346. The zero-order chi connectivity index (χ0) is 22.9. The maximum Gasteiger partial charge on any atom is 0.191 e. The van der Waals surface area contributed by atoms with Gasteiger partial charge in [0.25, 0.3) is 0 Å². The lowest BCUT2D eigenvalue weighted by molar-refractivity contribution is 0.431. The lowest BCUT2D eigenvalue weighted by Crippen LogP contribution is -2.43. The number of piperazine rings is 1. The number of hydrogen-bond acceptors (Lipinski definition) is 7. The van der Waals surface area contributed by atoms with Crippen molar-refractivity contribution in [3.05, 3.63) is 59.5 Å². The van der Waals surface area contributed by atoms with E-state index in [1.54, 1.807) is 23.5 Å². The molecular formula is C24H27FN6S2. The number of hydrogen-bond donors (Lipinski definition) is 0.